The minimum atomic E-state index is -0.466. The summed E-state index contributed by atoms with van der Waals surface area (Å²) in [5, 5.41) is 12.1. The van der Waals surface area contributed by atoms with E-state index in [4.69, 9.17) is 5.26 Å². The minimum absolute atomic E-state index is 0.184. The third kappa shape index (κ3) is 2.78. The Hall–Kier alpha value is -1.51. The Morgan fingerprint density at radius 2 is 2.29 bits per heavy atom. The zero-order chi connectivity index (χ0) is 12.1. The molecular formula is C12H15FN4. The average Bonchev–Trinajstić information content (AvgIpc) is 2.38. The van der Waals surface area contributed by atoms with Crippen LogP contribution in [0.1, 0.15) is 18.0 Å². The van der Waals surface area contributed by atoms with Gasteiger partial charge in [0, 0.05) is 37.9 Å². The normalized spacial score (nSPS) is 18.6. The number of piperazine rings is 1. The van der Waals surface area contributed by atoms with Crippen LogP contribution in [0.4, 0.5) is 4.39 Å². The predicted octanol–water partition coefficient (Wildman–Crippen LogP) is 1.08. The summed E-state index contributed by atoms with van der Waals surface area (Å²) in [5.74, 6) is -0.466. The van der Waals surface area contributed by atoms with E-state index in [0.29, 0.717) is 12.0 Å². The monoisotopic (exact) mass is 234 g/mol. The van der Waals surface area contributed by atoms with Crippen molar-refractivity contribution in [3.8, 4) is 6.07 Å². The lowest BCUT2D eigenvalue weighted by Gasteiger charge is -2.33. The predicted molar refractivity (Wildman–Crippen MR) is 61.6 cm³/mol. The molecule has 5 heteroatoms. The van der Waals surface area contributed by atoms with Crippen LogP contribution in [-0.4, -0.2) is 36.1 Å². The average molecular weight is 234 g/mol. The summed E-state index contributed by atoms with van der Waals surface area (Å²) in [5.41, 5.74) is 0.524. The molecule has 0 saturated carbocycles. The quantitative estimate of drug-likeness (QED) is 0.795. The van der Waals surface area contributed by atoms with Crippen molar-refractivity contribution in [2.45, 2.75) is 12.5 Å². The maximum Gasteiger partial charge on any atom is 0.217 e. The fourth-order valence-corrected chi connectivity index (χ4v) is 2.16. The van der Waals surface area contributed by atoms with E-state index in [9.17, 15) is 4.39 Å². The van der Waals surface area contributed by atoms with Gasteiger partial charge in [0.05, 0.1) is 18.5 Å². The number of nitrogens with zero attached hydrogens (tertiary/aromatic N) is 3. The molecule has 1 aliphatic rings. The molecule has 0 amide bonds. The second kappa shape index (κ2) is 5.71. The topological polar surface area (TPSA) is 52.0 Å². The lowest BCUT2D eigenvalue weighted by Crippen LogP contribution is -2.45. The molecule has 0 unspecified atom stereocenters. The number of nitrogens with one attached hydrogen (secondary N) is 1. The van der Waals surface area contributed by atoms with E-state index in [1.54, 1.807) is 12.1 Å². The first-order valence-corrected chi connectivity index (χ1v) is 5.75. The second-order valence-electron chi connectivity index (χ2n) is 4.05. The summed E-state index contributed by atoms with van der Waals surface area (Å²) in [6.07, 6.45) is 1.72. The molecule has 0 aromatic carbocycles. The Morgan fingerprint density at radius 3 is 2.94 bits per heavy atom. The Labute approximate surface area is 100 Å². The summed E-state index contributed by atoms with van der Waals surface area (Å²) in [6.45, 7) is 3.43. The van der Waals surface area contributed by atoms with Gasteiger partial charge in [-0.1, -0.05) is 6.07 Å². The minimum Gasteiger partial charge on any atom is -0.314 e. The van der Waals surface area contributed by atoms with Crippen molar-refractivity contribution in [3.05, 3.63) is 29.8 Å². The van der Waals surface area contributed by atoms with E-state index in [-0.39, 0.29) is 6.04 Å². The van der Waals surface area contributed by atoms with Crippen molar-refractivity contribution >= 4 is 0 Å². The lowest BCUT2D eigenvalue weighted by molar-refractivity contribution is 0.171. The van der Waals surface area contributed by atoms with Gasteiger partial charge in [0.25, 0.3) is 0 Å². The molecule has 1 aromatic heterocycles. The van der Waals surface area contributed by atoms with E-state index in [0.717, 1.165) is 26.2 Å². The van der Waals surface area contributed by atoms with Gasteiger partial charge in [0.2, 0.25) is 5.95 Å². The highest BCUT2D eigenvalue weighted by molar-refractivity contribution is 5.17. The number of hydrogen-bond donors (Lipinski definition) is 1. The number of pyridine rings is 1. The van der Waals surface area contributed by atoms with Gasteiger partial charge in [-0.15, -0.1) is 0 Å². The van der Waals surface area contributed by atoms with Crippen molar-refractivity contribution in [2.24, 2.45) is 0 Å². The van der Waals surface area contributed by atoms with E-state index in [2.05, 4.69) is 21.3 Å². The third-order valence-corrected chi connectivity index (χ3v) is 3.02. The molecule has 2 rings (SSSR count). The van der Waals surface area contributed by atoms with E-state index < -0.39 is 5.95 Å². The number of halogens is 1. The first-order valence-electron chi connectivity index (χ1n) is 5.75. The fraction of sp³-hybridized carbons (Fsp3) is 0.500. The lowest BCUT2D eigenvalue weighted by atomic mass is 10.0. The molecule has 1 atom stereocenters. The largest absolute Gasteiger partial charge is 0.314 e. The summed E-state index contributed by atoms with van der Waals surface area (Å²) >= 11 is 0. The molecule has 0 radical (unpaired) electrons. The zero-order valence-electron chi connectivity index (χ0n) is 9.56. The molecule has 1 saturated heterocycles. The first-order chi connectivity index (χ1) is 8.33. The van der Waals surface area contributed by atoms with Gasteiger partial charge in [-0.05, 0) is 6.07 Å². The van der Waals surface area contributed by atoms with Crippen molar-refractivity contribution in [1.29, 1.82) is 5.26 Å². The van der Waals surface area contributed by atoms with E-state index >= 15 is 0 Å². The number of rotatable bonds is 3. The molecule has 1 aromatic rings. The van der Waals surface area contributed by atoms with Gasteiger partial charge in [-0.25, -0.2) is 4.98 Å². The molecule has 4 nitrogen and oxygen atoms in total. The van der Waals surface area contributed by atoms with Crippen LogP contribution in [-0.2, 0) is 0 Å². The maximum absolute atomic E-state index is 13.7. The van der Waals surface area contributed by atoms with Crippen molar-refractivity contribution in [3.63, 3.8) is 0 Å². The first kappa shape index (κ1) is 12.0. The molecule has 17 heavy (non-hydrogen) atoms. The molecule has 2 heterocycles. The summed E-state index contributed by atoms with van der Waals surface area (Å²) in [7, 11) is 0. The van der Waals surface area contributed by atoms with Crippen molar-refractivity contribution in [1.82, 2.24) is 15.2 Å². The van der Waals surface area contributed by atoms with Crippen LogP contribution >= 0.6 is 0 Å². The van der Waals surface area contributed by atoms with Gasteiger partial charge >= 0.3 is 0 Å². The summed E-state index contributed by atoms with van der Waals surface area (Å²) < 4.78 is 13.7. The third-order valence-electron chi connectivity index (χ3n) is 3.02. The number of aromatic nitrogens is 1. The van der Waals surface area contributed by atoms with Gasteiger partial charge in [-0.3, -0.25) is 4.90 Å². The molecule has 0 spiro atoms. The Balaban J connectivity index is 2.22. The molecule has 1 N–H and O–H groups in total. The molecule has 0 bridgehead atoms. The highest BCUT2D eigenvalue weighted by Gasteiger charge is 2.24. The van der Waals surface area contributed by atoms with Crippen molar-refractivity contribution in [2.75, 3.05) is 26.2 Å². The van der Waals surface area contributed by atoms with E-state index in [1.807, 2.05) is 0 Å². The number of nitriles is 1. The highest BCUT2D eigenvalue weighted by atomic mass is 19.1. The Kier molecular flexibility index (Phi) is 4.02. The second-order valence-corrected chi connectivity index (χ2v) is 4.05. The van der Waals surface area contributed by atoms with Crippen LogP contribution in [0.3, 0.4) is 0 Å². The van der Waals surface area contributed by atoms with Crippen LogP contribution < -0.4 is 5.32 Å². The smallest absolute Gasteiger partial charge is 0.217 e. The Bertz CT molecular complexity index is 409. The van der Waals surface area contributed by atoms with Crippen molar-refractivity contribution < 1.29 is 4.39 Å². The highest BCUT2D eigenvalue weighted by Crippen LogP contribution is 2.25. The van der Waals surface area contributed by atoms with Gasteiger partial charge in [0.15, 0.2) is 0 Å². The zero-order valence-corrected chi connectivity index (χ0v) is 9.56. The van der Waals surface area contributed by atoms with Crippen LogP contribution in [0.25, 0.3) is 0 Å². The van der Waals surface area contributed by atoms with Crippen LogP contribution in [0.2, 0.25) is 0 Å². The standard InChI is InChI=1S/C12H15FN4/c13-12-10(2-1-5-16-12)11(3-4-14)17-8-6-15-7-9-17/h1-2,5,11,15H,3,6-9H2/t11-/m0/s1. The number of hydrogen-bond acceptors (Lipinski definition) is 4. The molecule has 90 valence electrons. The summed E-state index contributed by atoms with van der Waals surface area (Å²) in [4.78, 5) is 5.80. The van der Waals surface area contributed by atoms with Gasteiger partial charge in [-0.2, -0.15) is 9.65 Å². The SMILES string of the molecule is N#CC[C@@H](c1cccnc1F)N1CCNCC1. The van der Waals surface area contributed by atoms with Crippen LogP contribution in [0.15, 0.2) is 18.3 Å². The summed E-state index contributed by atoms with van der Waals surface area (Å²) in [6, 6.07) is 5.38. The van der Waals surface area contributed by atoms with Crippen LogP contribution in [0, 0.1) is 17.3 Å². The maximum atomic E-state index is 13.7. The molecule has 1 aliphatic heterocycles. The van der Waals surface area contributed by atoms with Crippen LogP contribution in [0.5, 0.6) is 0 Å². The van der Waals surface area contributed by atoms with E-state index in [1.165, 1.54) is 6.20 Å². The van der Waals surface area contributed by atoms with Gasteiger partial charge in [0.1, 0.15) is 0 Å². The fourth-order valence-electron chi connectivity index (χ4n) is 2.16. The Morgan fingerprint density at radius 1 is 1.53 bits per heavy atom. The van der Waals surface area contributed by atoms with Gasteiger partial charge < -0.3 is 5.32 Å². The molecule has 1 fully saturated rings. The molecular weight excluding hydrogens is 219 g/mol. The molecule has 0 aliphatic carbocycles.